The molecule has 32 heavy (non-hydrogen) atoms. The van der Waals surface area contributed by atoms with Gasteiger partial charge in [-0.2, -0.15) is 0 Å². The highest BCUT2D eigenvalue weighted by molar-refractivity contribution is 5.97. The monoisotopic (exact) mass is 438 g/mol. The van der Waals surface area contributed by atoms with Gasteiger partial charge in [-0.25, -0.2) is 0 Å². The van der Waals surface area contributed by atoms with Gasteiger partial charge >= 0.3 is 0 Å². The summed E-state index contributed by atoms with van der Waals surface area (Å²) in [7, 11) is 0. The van der Waals surface area contributed by atoms with Crippen LogP contribution in [0.3, 0.4) is 0 Å². The maximum absolute atomic E-state index is 12.4. The van der Waals surface area contributed by atoms with Crippen molar-refractivity contribution in [3.8, 4) is 0 Å². The van der Waals surface area contributed by atoms with E-state index in [4.69, 9.17) is 0 Å². The summed E-state index contributed by atoms with van der Waals surface area (Å²) in [5.41, 5.74) is 2.48. The van der Waals surface area contributed by atoms with Crippen molar-refractivity contribution in [1.29, 1.82) is 0 Å². The molecule has 7 heteroatoms. The van der Waals surface area contributed by atoms with E-state index < -0.39 is 0 Å². The predicted molar refractivity (Wildman–Crippen MR) is 130 cm³/mol. The van der Waals surface area contributed by atoms with Crippen LogP contribution in [0.4, 0.5) is 17.1 Å². The molecule has 172 valence electrons. The number of rotatable bonds is 12. The van der Waals surface area contributed by atoms with Crippen LogP contribution in [0, 0.1) is 0 Å². The zero-order chi connectivity index (χ0) is 23.3. The minimum atomic E-state index is -0.231. The first-order valence-electron chi connectivity index (χ1n) is 11.3. The Labute approximate surface area is 190 Å². The number of nitrogens with one attached hydrogen (secondary N) is 4. The summed E-state index contributed by atoms with van der Waals surface area (Å²) in [6, 6.07) is 14.2. The van der Waals surface area contributed by atoms with E-state index in [1.165, 1.54) is 0 Å². The molecule has 2 aromatic rings. The minimum absolute atomic E-state index is 0.0270. The number of carbonyl (C=O) groups is 3. The predicted octanol–water partition coefficient (Wildman–Crippen LogP) is 4.78. The molecule has 0 radical (unpaired) electrons. The van der Waals surface area contributed by atoms with Crippen molar-refractivity contribution in [2.75, 3.05) is 22.5 Å². The SMILES string of the molecule is CCCCCC(=O)Nc1cccc(NC(=O)CNc2cccc(C(=O)NC(C)CC)c2)c1. The molecule has 2 rings (SSSR count). The summed E-state index contributed by atoms with van der Waals surface area (Å²) in [6.45, 7) is 6.11. The fourth-order valence-electron chi connectivity index (χ4n) is 3.00. The van der Waals surface area contributed by atoms with Crippen molar-refractivity contribution in [1.82, 2.24) is 5.32 Å². The third kappa shape index (κ3) is 8.79. The lowest BCUT2D eigenvalue weighted by Crippen LogP contribution is -2.31. The highest BCUT2D eigenvalue weighted by atomic mass is 16.2. The van der Waals surface area contributed by atoms with Gasteiger partial charge in [-0.1, -0.05) is 38.8 Å². The van der Waals surface area contributed by atoms with Crippen molar-refractivity contribution >= 4 is 34.8 Å². The maximum atomic E-state index is 12.4. The Bertz CT molecular complexity index is 914. The van der Waals surface area contributed by atoms with Crippen molar-refractivity contribution in [2.45, 2.75) is 58.9 Å². The topological polar surface area (TPSA) is 99.3 Å². The van der Waals surface area contributed by atoms with Gasteiger partial charge < -0.3 is 21.3 Å². The first kappa shape index (κ1) is 24.9. The summed E-state index contributed by atoms with van der Waals surface area (Å²) in [6.07, 6.45) is 4.31. The summed E-state index contributed by atoms with van der Waals surface area (Å²) in [5.74, 6) is -0.396. The molecule has 7 nitrogen and oxygen atoms in total. The van der Waals surface area contributed by atoms with Gasteiger partial charge in [0.2, 0.25) is 11.8 Å². The van der Waals surface area contributed by atoms with Crippen LogP contribution >= 0.6 is 0 Å². The second-order valence-corrected chi connectivity index (χ2v) is 7.85. The molecule has 0 heterocycles. The summed E-state index contributed by atoms with van der Waals surface area (Å²) in [4.78, 5) is 36.6. The normalized spacial score (nSPS) is 11.3. The van der Waals surface area contributed by atoms with Crippen molar-refractivity contribution < 1.29 is 14.4 Å². The zero-order valence-electron chi connectivity index (χ0n) is 19.2. The molecule has 1 atom stereocenters. The van der Waals surface area contributed by atoms with Crippen LogP contribution in [0.25, 0.3) is 0 Å². The first-order valence-corrected chi connectivity index (χ1v) is 11.3. The number of carbonyl (C=O) groups excluding carboxylic acids is 3. The van der Waals surface area contributed by atoms with E-state index in [1.54, 1.807) is 42.5 Å². The summed E-state index contributed by atoms with van der Waals surface area (Å²) >= 11 is 0. The first-order chi connectivity index (χ1) is 15.4. The lowest BCUT2D eigenvalue weighted by Gasteiger charge is -2.13. The number of hydrogen-bond acceptors (Lipinski definition) is 4. The van der Waals surface area contributed by atoms with Crippen LogP contribution in [0.1, 0.15) is 63.2 Å². The smallest absolute Gasteiger partial charge is 0.251 e. The van der Waals surface area contributed by atoms with E-state index in [0.717, 1.165) is 25.7 Å². The lowest BCUT2D eigenvalue weighted by atomic mass is 10.1. The van der Waals surface area contributed by atoms with Crippen LogP contribution in [0.5, 0.6) is 0 Å². The number of anilines is 3. The van der Waals surface area contributed by atoms with E-state index in [2.05, 4.69) is 28.2 Å². The van der Waals surface area contributed by atoms with E-state index in [1.807, 2.05) is 19.9 Å². The van der Waals surface area contributed by atoms with Gasteiger partial charge in [-0.05, 0) is 56.2 Å². The van der Waals surface area contributed by atoms with Gasteiger partial charge in [0, 0.05) is 35.1 Å². The molecule has 1 unspecified atom stereocenters. The Morgan fingerprint density at radius 1 is 0.844 bits per heavy atom. The average molecular weight is 439 g/mol. The zero-order valence-corrected chi connectivity index (χ0v) is 19.2. The van der Waals surface area contributed by atoms with Crippen LogP contribution in [-0.2, 0) is 9.59 Å². The van der Waals surface area contributed by atoms with Gasteiger partial charge in [0.1, 0.15) is 0 Å². The second-order valence-electron chi connectivity index (χ2n) is 7.85. The number of hydrogen-bond donors (Lipinski definition) is 4. The van der Waals surface area contributed by atoms with Gasteiger partial charge in [-0.3, -0.25) is 14.4 Å². The highest BCUT2D eigenvalue weighted by Gasteiger charge is 2.10. The van der Waals surface area contributed by atoms with E-state index in [-0.39, 0.29) is 30.3 Å². The summed E-state index contributed by atoms with van der Waals surface area (Å²) < 4.78 is 0. The van der Waals surface area contributed by atoms with Crippen LogP contribution < -0.4 is 21.3 Å². The fourth-order valence-corrected chi connectivity index (χ4v) is 3.00. The van der Waals surface area contributed by atoms with E-state index in [9.17, 15) is 14.4 Å². The lowest BCUT2D eigenvalue weighted by molar-refractivity contribution is -0.116. The van der Waals surface area contributed by atoms with Crippen molar-refractivity contribution in [3.63, 3.8) is 0 Å². The fraction of sp³-hybridized carbons (Fsp3) is 0.400. The molecule has 0 saturated heterocycles. The molecule has 0 aliphatic heterocycles. The number of amides is 3. The third-order valence-electron chi connectivity index (χ3n) is 5.01. The molecule has 2 aromatic carbocycles. The molecule has 0 aromatic heterocycles. The van der Waals surface area contributed by atoms with Crippen molar-refractivity contribution in [2.24, 2.45) is 0 Å². The minimum Gasteiger partial charge on any atom is -0.376 e. The molecule has 4 N–H and O–H groups in total. The van der Waals surface area contributed by atoms with Gasteiger partial charge in [0.25, 0.3) is 5.91 Å². The maximum Gasteiger partial charge on any atom is 0.251 e. The van der Waals surface area contributed by atoms with Crippen LogP contribution in [0.15, 0.2) is 48.5 Å². The Hall–Kier alpha value is -3.35. The Morgan fingerprint density at radius 2 is 1.50 bits per heavy atom. The molecule has 0 aliphatic rings. The van der Waals surface area contributed by atoms with Crippen LogP contribution in [-0.4, -0.2) is 30.3 Å². The standard InChI is InChI=1S/C25H34N4O3/c1-4-6-7-14-23(30)28-21-12-9-13-22(16-21)29-24(31)17-26-20-11-8-10-19(15-20)25(32)27-18(3)5-2/h8-13,15-16,18,26H,4-7,14,17H2,1-3H3,(H,27,32)(H,28,30)(H,29,31). The molecular weight excluding hydrogens is 404 g/mol. The van der Waals surface area contributed by atoms with Gasteiger partial charge in [0.15, 0.2) is 0 Å². The average Bonchev–Trinajstić information content (AvgIpc) is 2.78. The Kier molecular flexibility index (Phi) is 10.2. The Balaban J connectivity index is 1.86. The molecule has 0 aliphatic carbocycles. The third-order valence-corrected chi connectivity index (χ3v) is 5.01. The van der Waals surface area contributed by atoms with E-state index >= 15 is 0 Å². The van der Waals surface area contributed by atoms with Gasteiger partial charge in [-0.15, -0.1) is 0 Å². The highest BCUT2D eigenvalue weighted by Crippen LogP contribution is 2.16. The number of unbranched alkanes of at least 4 members (excludes halogenated alkanes) is 2. The Morgan fingerprint density at radius 3 is 2.19 bits per heavy atom. The number of benzene rings is 2. The quantitative estimate of drug-likeness (QED) is 0.358. The molecule has 0 bridgehead atoms. The second kappa shape index (κ2) is 13.1. The molecule has 0 spiro atoms. The molecular formula is C25H34N4O3. The molecule has 0 saturated carbocycles. The molecule has 0 fully saturated rings. The largest absolute Gasteiger partial charge is 0.376 e. The molecule has 3 amide bonds. The van der Waals surface area contributed by atoms with Gasteiger partial charge in [0.05, 0.1) is 6.54 Å². The van der Waals surface area contributed by atoms with Crippen LogP contribution in [0.2, 0.25) is 0 Å². The van der Waals surface area contributed by atoms with E-state index in [0.29, 0.717) is 29.0 Å². The summed E-state index contributed by atoms with van der Waals surface area (Å²) in [5, 5.41) is 11.6. The van der Waals surface area contributed by atoms with Crippen molar-refractivity contribution in [3.05, 3.63) is 54.1 Å².